The summed E-state index contributed by atoms with van der Waals surface area (Å²) in [7, 11) is -0.227. The topological polar surface area (TPSA) is 38.8 Å². The van der Waals surface area contributed by atoms with Crippen LogP contribution in [0.1, 0.15) is 5.56 Å². The van der Waals surface area contributed by atoms with Crippen molar-refractivity contribution in [3.05, 3.63) is 48.0 Å². The van der Waals surface area contributed by atoms with Crippen molar-refractivity contribution in [3.63, 3.8) is 0 Å². The van der Waals surface area contributed by atoms with E-state index in [0.29, 0.717) is 0 Å². The molecule has 1 unspecified atom stereocenters. The summed E-state index contributed by atoms with van der Waals surface area (Å²) < 4.78 is 22.6. The van der Waals surface area contributed by atoms with Gasteiger partial charge in [-0.05, 0) is 5.56 Å². The Balaban J connectivity index is 2.12. The largest absolute Gasteiger partial charge is 0.351 e. The maximum atomic E-state index is 12.4. The molecular formula is C13H18NO3P. The van der Waals surface area contributed by atoms with Crippen LogP contribution in [0.15, 0.2) is 42.5 Å². The van der Waals surface area contributed by atoms with Gasteiger partial charge in [0.15, 0.2) is 0 Å². The van der Waals surface area contributed by atoms with Gasteiger partial charge in [0, 0.05) is 27.3 Å². The van der Waals surface area contributed by atoms with Crippen molar-refractivity contribution in [2.75, 3.05) is 20.8 Å². The second kappa shape index (κ2) is 5.81. The molecule has 0 aliphatic carbocycles. The van der Waals surface area contributed by atoms with E-state index >= 15 is 0 Å². The molecule has 0 N–H and O–H groups in total. The molecule has 1 aliphatic heterocycles. The number of hydrogen-bond donors (Lipinski definition) is 0. The Hall–Kier alpha value is -0.930. The van der Waals surface area contributed by atoms with Crippen LogP contribution in [0.4, 0.5) is 0 Å². The highest BCUT2D eigenvalue weighted by Crippen LogP contribution is 2.54. The van der Waals surface area contributed by atoms with Gasteiger partial charge in [-0.25, -0.2) is 0 Å². The van der Waals surface area contributed by atoms with Crippen molar-refractivity contribution in [3.8, 4) is 0 Å². The summed E-state index contributed by atoms with van der Waals surface area (Å²) in [5.41, 5.74) is 1.19. The molecule has 0 radical (unpaired) electrons. The van der Waals surface area contributed by atoms with Crippen LogP contribution in [0.5, 0.6) is 0 Å². The van der Waals surface area contributed by atoms with Crippen LogP contribution in [-0.4, -0.2) is 31.4 Å². The highest BCUT2D eigenvalue weighted by atomic mass is 31.2. The van der Waals surface area contributed by atoms with Crippen LogP contribution in [-0.2, 0) is 20.2 Å². The summed E-state index contributed by atoms with van der Waals surface area (Å²) in [6, 6.07) is 10.1. The minimum atomic E-state index is -3.08. The lowest BCUT2D eigenvalue weighted by Gasteiger charge is -2.28. The third kappa shape index (κ3) is 2.73. The van der Waals surface area contributed by atoms with Crippen molar-refractivity contribution < 1.29 is 13.6 Å². The molecule has 1 atom stereocenters. The van der Waals surface area contributed by atoms with E-state index in [9.17, 15) is 4.57 Å². The van der Waals surface area contributed by atoms with Crippen molar-refractivity contribution in [2.45, 2.75) is 12.3 Å². The Morgan fingerprint density at radius 1 is 1.28 bits per heavy atom. The van der Waals surface area contributed by atoms with Crippen LogP contribution in [0, 0.1) is 0 Å². The zero-order chi connectivity index (χ0) is 13.0. The van der Waals surface area contributed by atoms with E-state index in [1.165, 1.54) is 19.8 Å². The Morgan fingerprint density at radius 3 is 2.56 bits per heavy atom. The molecule has 0 saturated carbocycles. The van der Waals surface area contributed by atoms with Gasteiger partial charge >= 0.3 is 7.60 Å². The van der Waals surface area contributed by atoms with Crippen LogP contribution < -0.4 is 0 Å². The number of rotatable bonds is 5. The molecule has 2 rings (SSSR count). The lowest BCUT2D eigenvalue weighted by Crippen LogP contribution is -2.30. The molecular weight excluding hydrogens is 249 g/mol. The Labute approximate surface area is 108 Å². The normalized spacial score (nSPS) is 20.4. The molecule has 1 aromatic carbocycles. The first kappa shape index (κ1) is 13.5. The molecule has 0 saturated heterocycles. The third-order valence-electron chi connectivity index (χ3n) is 3.08. The third-order valence-corrected chi connectivity index (χ3v) is 5.25. The molecule has 98 valence electrons. The quantitative estimate of drug-likeness (QED) is 0.607. The van der Waals surface area contributed by atoms with Crippen LogP contribution in [0.3, 0.4) is 0 Å². The lowest BCUT2D eigenvalue weighted by molar-refractivity contribution is 0.222. The lowest BCUT2D eigenvalue weighted by atomic mass is 10.2. The molecule has 1 heterocycles. The fraction of sp³-hybridized carbons (Fsp3) is 0.385. The molecule has 4 nitrogen and oxygen atoms in total. The van der Waals surface area contributed by atoms with Crippen LogP contribution in [0.25, 0.3) is 0 Å². The maximum absolute atomic E-state index is 12.4. The number of hydrogen-bond acceptors (Lipinski definition) is 4. The molecule has 0 bridgehead atoms. The summed E-state index contributed by atoms with van der Waals surface area (Å²) in [5.74, 6) is -0.298. The Kier molecular flexibility index (Phi) is 4.36. The highest BCUT2D eigenvalue weighted by Gasteiger charge is 2.38. The molecule has 18 heavy (non-hydrogen) atoms. The summed E-state index contributed by atoms with van der Waals surface area (Å²) in [6.45, 7) is 1.49. The van der Waals surface area contributed by atoms with E-state index in [1.54, 1.807) is 0 Å². The standard InChI is InChI=1S/C13H18NO3P/c1-16-18(15,17-2)13-9-6-10-14(13)11-12-7-4-3-5-8-12/h3-9,13H,10-11H2,1-2H3. The van der Waals surface area contributed by atoms with Crippen molar-refractivity contribution >= 4 is 7.60 Å². The molecule has 5 heteroatoms. The van der Waals surface area contributed by atoms with Gasteiger partial charge in [-0.3, -0.25) is 9.46 Å². The summed E-state index contributed by atoms with van der Waals surface area (Å²) >= 11 is 0. The zero-order valence-corrected chi connectivity index (χ0v) is 11.5. The van der Waals surface area contributed by atoms with Crippen molar-refractivity contribution in [1.29, 1.82) is 0 Å². The Bertz CT molecular complexity index is 453. The van der Waals surface area contributed by atoms with E-state index in [0.717, 1.165) is 13.1 Å². The molecule has 0 amide bonds. The van der Waals surface area contributed by atoms with Gasteiger partial charge in [0.05, 0.1) is 0 Å². The second-order valence-electron chi connectivity index (χ2n) is 4.16. The minimum Gasteiger partial charge on any atom is -0.311 e. The SMILES string of the molecule is COP(=O)(OC)C1C=CCN1Cc1ccccc1. The average molecular weight is 267 g/mol. The van der Waals surface area contributed by atoms with Crippen LogP contribution in [0.2, 0.25) is 0 Å². The van der Waals surface area contributed by atoms with Crippen molar-refractivity contribution in [2.24, 2.45) is 0 Å². The first-order chi connectivity index (χ1) is 8.69. The molecule has 0 aromatic heterocycles. The van der Waals surface area contributed by atoms with Gasteiger partial charge in [-0.2, -0.15) is 0 Å². The fourth-order valence-electron chi connectivity index (χ4n) is 2.12. The maximum Gasteiger partial charge on any atom is 0.351 e. The van der Waals surface area contributed by atoms with Gasteiger partial charge in [-0.1, -0.05) is 42.5 Å². The molecule has 1 aromatic rings. The van der Waals surface area contributed by atoms with E-state index in [4.69, 9.17) is 9.05 Å². The molecule has 0 fully saturated rings. The number of nitrogens with zero attached hydrogens (tertiary/aromatic N) is 1. The van der Waals surface area contributed by atoms with Gasteiger partial charge in [0.1, 0.15) is 5.78 Å². The first-order valence-corrected chi connectivity index (χ1v) is 7.46. The second-order valence-corrected chi connectivity index (χ2v) is 6.50. The van der Waals surface area contributed by atoms with E-state index in [2.05, 4.69) is 17.0 Å². The molecule has 0 spiro atoms. The predicted octanol–water partition coefficient (Wildman–Crippen LogP) is 2.87. The molecule has 1 aliphatic rings. The van der Waals surface area contributed by atoms with E-state index < -0.39 is 7.60 Å². The van der Waals surface area contributed by atoms with Crippen molar-refractivity contribution in [1.82, 2.24) is 4.90 Å². The monoisotopic (exact) mass is 267 g/mol. The highest BCUT2D eigenvalue weighted by molar-refractivity contribution is 7.54. The summed E-state index contributed by atoms with van der Waals surface area (Å²) in [5, 5.41) is 0. The summed E-state index contributed by atoms with van der Waals surface area (Å²) in [4.78, 5) is 2.09. The van der Waals surface area contributed by atoms with Gasteiger partial charge in [-0.15, -0.1) is 0 Å². The number of benzene rings is 1. The van der Waals surface area contributed by atoms with Gasteiger partial charge in [0.2, 0.25) is 0 Å². The first-order valence-electron chi connectivity index (χ1n) is 5.85. The van der Waals surface area contributed by atoms with Gasteiger partial charge in [0.25, 0.3) is 0 Å². The van der Waals surface area contributed by atoms with Gasteiger partial charge < -0.3 is 9.05 Å². The smallest absolute Gasteiger partial charge is 0.311 e. The van der Waals surface area contributed by atoms with Crippen LogP contribution >= 0.6 is 7.60 Å². The fourth-order valence-corrected chi connectivity index (χ4v) is 3.61. The minimum absolute atomic E-state index is 0.298. The summed E-state index contributed by atoms with van der Waals surface area (Å²) in [6.07, 6.45) is 3.90. The zero-order valence-electron chi connectivity index (χ0n) is 10.7. The van der Waals surface area contributed by atoms with E-state index in [-0.39, 0.29) is 5.78 Å². The Morgan fingerprint density at radius 2 is 1.94 bits per heavy atom. The van der Waals surface area contributed by atoms with E-state index in [1.807, 2.05) is 30.4 Å². The average Bonchev–Trinajstić information content (AvgIpc) is 2.88. The predicted molar refractivity (Wildman–Crippen MR) is 71.4 cm³/mol.